The second-order valence-corrected chi connectivity index (χ2v) is 12.3. The van der Waals surface area contributed by atoms with Crippen molar-refractivity contribution in [1.82, 2.24) is 16.0 Å². The number of rotatable bonds is 14. The molecular formula is C25H45N3O3S. The van der Waals surface area contributed by atoms with Gasteiger partial charge in [-0.3, -0.25) is 9.59 Å². The normalized spacial score (nSPS) is 23.6. The lowest BCUT2D eigenvalue weighted by atomic mass is 9.76. The molecule has 2 rings (SSSR count). The minimum absolute atomic E-state index is 0.0269. The van der Waals surface area contributed by atoms with E-state index in [0.29, 0.717) is 36.3 Å². The third-order valence-corrected chi connectivity index (χ3v) is 8.14. The number of urea groups is 1. The van der Waals surface area contributed by atoms with E-state index < -0.39 is 0 Å². The molecule has 0 aliphatic carbocycles. The molecule has 0 bridgehead atoms. The van der Waals surface area contributed by atoms with Crippen LogP contribution in [0.15, 0.2) is 0 Å². The van der Waals surface area contributed by atoms with Crippen molar-refractivity contribution in [2.75, 3.05) is 12.3 Å². The molecule has 0 aromatic heterocycles. The summed E-state index contributed by atoms with van der Waals surface area (Å²) in [4.78, 5) is 36.2. The zero-order valence-electron chi connectivity index (χ0n) is 20.8. The fourth-order valence-electron chi connectivity index (χ4n) is 4.72. The summed E-state index contributed by atoms with van der Waals surface area (Å²) < 4.78 is 0. The van der Waals surface area contributed by atoms with Gasteiger partial charge in [-0.25, -0.2) is 4.79 Å². The van der Waals surface area contributed by atoms with Crippen molar-refractivity contribution in [3.05, 3.63) is 0 Å². The molecule has 2 aliphatic rings. The Hall–Kier alpha value is -1.24. The first kappa shape index (κ1) is 27.0. The summed E-state index contributed by atoms with van der Waals surface area (Å²) in [7, 11) is 0. The Bertz CT molecular complexity index is 632. The van der Waals surface area contributed by atoms with Crippen molar-refractivity contribution in [2.45, 2.75) is 110 Å². The SMILES string of the molecule is CC(C)C[C@@H](C(=O)NCCCCCC(=O)CCCC[C@@H]1SC[C@@H]2NC(=O)N[C@@H]21)C(C)(C)C. The van der Waals surface area contributed by atoms with Crippen LogP contribution in [0.25, 0.3) is 0 Å². The molecule has 0 saturated carbocycles. The maximum atomic E-state index is 12.6. The molecule has 3 N–H and O–H groups in total. The number of carbonyl (C=O) groups is 3. The lowest BCUT2D eigenvalue weighted by Crippen LogP contribution is -2.39. The number of Topliss-reactive ketones (excluding diaryl/α,β-unsaturated/α-hetero) is 1. The quantitative estimate of drug-likeness (QED) is 0.256. The molecule has 2 saturated heterocycles. The molecular weight excluding hydrogens is 422 g/mol. The lowest BCUT2D eigenvalue weighted by Gasteiger charge is -2.31. The van der Waals surface area contributed by atoms with E-state index in [2.05, 4.69) is 50.6 Å². The number of nitrogens with one attached hydrogen (secondary N) is 3. The van der Waals surface area contributed by atoms with Crippen LogP contribution in [0.3, 0.4) is 0 Å². The Balaban J connectivity index is 1.49. The molecule has 6 nitrogen and oxygen atoms in total. The first-order valence-electron chi connectivity index (χ1n) is 12.6. The topological polar surface area (TPSA) is 87.3 Å². The third-order valence-electron chi connectivity index (χ3n) is 6.63. The van der Waals surface area contributed by atoms with Gasteiger partial charge in [-0.2, -0.15) is 11.8 Å². The van der Waals surface area contributed by atoms with Gasteiger partial charge in [-0.05, 0) is 43.4 Å². The monoisotopic (exact) mass is 467 g/mol. The highest BCUT2D eigenvalue weighted by molar-refractivity contribution is 8.00. The Morgan fingerprint density at radius 1 is 1.06 bits per heavy atom. The summed E-state index contributed by atoms with van der Waals surface area (Å²) in [5.41, 5.74) is -0.0269. The number of carbonyl (C=O) groups excluding carboxylic acids is 3. The number of ketones is 1. The number of hydrogen-bond acceptors (Lipinski definition) is 4. The number of hydrogen-bond donors (Lipinski definition) is 3. The molecule has 184 valence electrons. The van der Waals surface area contributed by atoms with Gasteiger partial charge >= 0.3 is 6.03 Å². The minimum Gasteiger partial charge on any atom is -0.356 e. The molecule has 0 radical (unpaired) electrons. The van der Waals surface area contributed by atoms with Crippen molar-refractivity contribution in [2.24, 2.45) is 17.3 Å². The average molecular weight is 468 g/mol. The molecule has 2 heterocycles. The van der Waals surface area contributed by atoms with Crippen LogP contribution in [0, 0.1) is 17.3 Å². The zero-order chi connectivity index (χ0) is 23.7. The van der Waals surface area contributed by atoms with Gasteiger partial charge in [-0.15, -0.1) is 0 Å². The summed E-state index contributed by atoms with van der Waals surface area (Å²) in [6.45, 7) is 11.4. The first-order chi connectivity index (χ1) is 15.1. The molecule has 0 unspecified atom stereocenters. The van der Waals surface area contributed by atoms with Gasteiger partial charge in [0.15, 0.2) is 0 Å². The van der Waals surface area contributed by atoms with E-state index >= 15 is 0 Å². The molecule has 3 amide bonds. The summed E-state index contributed by atoms with van der Waals surface area (Å²) in [5, 5.41) is 9.58. The number of unbranched alkanes of at least 4 members (excludes halogenated alkanes) is 3. The fraction of sp³-hybridized carbons (Fsp3) is 0.880. The number of thioether (sulfide) groups is 1. The second-order valence-electron chi connectivity index (χ2n) is 11.1. The second kappa shape index (κ2) is 12.9. The van der Waals surface area contributed by atoms with Crippen molar-refractivity contribution in [1.29, 1.82) is 0 Å². The van der Waals surface area contributed by atoms with Crippen molar-refractivity contribution in [3.8, 4) is 0 Å². The van der Waals surface area contributed by atoms with Gasteiger partial charge in [-0.1, -0.05) is 47.5 Å². The fourth-order valence-corrected chi connectivity index (χ4v) is 6.26. The van der Waals surface area contributed by atoms with Gasteiger partial charge in [0.2, 0.25) is 5.91 Å². The largest absolute Gasteiger partial charge is 0.356 e. The molecule has 0 spiro atoms. The molecule has 0 aromatic rings. The van der Waals surface area contributed by atoms with Crippen LogP contribution in [0.1, 0.15) is 92.4 Å². The summed E-state index contributed by atoms with van der Waals surface area (Å²) >= 11 is 1.93. The lowest BCUT2D eigenvalue weighted by molar-refractivity contribution is -0.129. The molecule has 32 heavy (non-hydrogen) atoms. The van der Waals surface area contributed by atoms with E-state index in [9.17, 15) is 14.4 Å². The van der Waals surface area contributed by atoms with Crippen LogP contribution in [0.2, 0.25) is 0 Å². The van der Waals surface area contributed by atoms with Crippen LogP contribution < -0.4 is 16.0 Å². The highest BCUT2D eigenvalue weighted by Crippen LogP contribution is 2.33. The average Bonchev–Trinajstić information content (AvgIpc) is 3.24. The van der Waals surface area contributed by atoms with Gasteiger partial charge < -0.3 is 16.0 Å². The Kier molecular flexibility index (Phi) is 10.8. The molecule has 4 atom stereocenters. The van der Waals surface area contributed by atoms with Crippen molar-refractivity contribution >= 4 is 29.5 Å². The van der Waals surface area contributed by atoms with Crippen molar-refractivity contribution < 1.29 is 14.4 Å². The van der Waals surface area contributed by atoms with E-state index in [-0.39, 0.29) is 35.4 Å². The van der Waals surface area contributed by atoms with Crippen LogP contribution in [-0.2, 0) is 9.59 Å². The third kappa shape index (κ3) is 8.95. The maximum absolute atomic E-state index is 12.6. The standard InChI is InChI=1S/C25H45N3O3S/c1-17(2)15-19(25(3,4)5)23(30)26-14-10-6-7-11-18(29)12-8-9-13-21-22-20(16-32-21)27-24(31)28-22/h17,19-22H,6-16H2,1-5H3,(H,26,30)(H2,27,28,31)/t19-,20-,21-,22-/m0/s1. The van der Waals surface area contributed by atoms with E-state index in [1.165, 1.54) is 0 Å². The molecule has 2 fully saturated rings. The van der Waals surface area contributed by atoms with Gasteiger partial charge in [0.25, 0.3) is 0 Å². The Morgan fingerprint density at radius 2 is 1.75 bits per heavy atom. The number of fused-ring (bicyclic) bond motifs is 1. The van der Waals surface area contributed by atoms with E-state index in [1.807, 2.05) is 11.8 Å². The van der Waals surface area contributed by atoms with Gasteiger partial charge in [0, 0.05) is 36.3 Å². The summed E-state index contributed by atoms with van der Waals surface area (Å²) in [5.74, 6) is 2.06. The molecule has 2 aliphatic heterocycles. The maximum Gasteiger partial charge on any atom is 0.315 e. The van der Waals surface area contributed by atoms with Crippen LogP contribution in [0.5, 0.6) is 0 Å². The summed E-state index contributed by atoms with van der Waals surface area (Å²) in [6.07, 6.45) is 8.08. The van der Waals surface area contributed by atoms with Crippen LogP contribution >= 0.6 is 11.8 Å². The Labute approximate surface area is 199 Å². The van der Waals surface area contributed by atoms with E-state index in [4.69, 9.17) is 0 Å². The molecule has 0 aromatic carbocycles. The number of amides is 3. The summed E-state index contributed by atoms with van der Waals surface area (Å²) in [6, 6.07) is 0.496. The highest BCUT2D eigenvalue weighted by Gasteiger charge is 2.42. The molecule has 7 heteroatoms. The van der Waals surface area contributed by atoms with Crippen LogP contribution in [-0.4, -0.2) is 47.4 Å². The predicted molar refractivity (Wildman–Crippen MR) is 133 cm³/mol. The van der Waals surface area contributed by atoms with E-state index in [1.54, 1.807) is 0 Å². The minimum atomic E-state index is -0.0374. The van der Waals surface area contributed by atoms with E-state index in [0.717, 1.165) is 50.7 Å². The Morgan fingerprint density at radius 3 is 2.41 bits per heavy atom. The van der Waals surface area contributed by atoms with Crippen LogP contribution in [0.4, 0.5) is 4.79 Å². The van der Waals surface area contributed by atoms with Gasteiger partial charge in [0.05, 0.1) is 12.1 Å². The highest BCUT2D eigenvalue weighted by atomic mass is 32.2. The van der Waals surface area contributed by atoms with Crippen molar-refractivity contribution in [3.63, 3.8) is 0 Å². The smallest absolute Gasteiger partial charge is 0.315 e. The zero-order valence-corrected chi connectivity index (χ0v) is 21.6. The predicted octanol–water partition coefficient (Wildman–Crippen LogP) is 4.67. The van der Waals surface area contributed by atoms with Gasteiger partial charge in [0.1, 0.15) is 5.78 Å². The first-order valence-corrected chi connectivity index (χ1v) is 13.6.